The van der Waals surface area contributed by atoms with Gasteiger partial charge in [0.15, 0.2) is 0 Å². The fraction of sp³-hybridized carbons (Fsp3) is 0.500. The van der Waals surface area contributed by atoms with Crippen molar-refractivity contribution < 1.29 is 4.74 Å². The molecule has 1 aromatic carbocycles. The van der Waals surface area contributed by atoms with Crippen molar-refractivity contribution in [1.29, 1.82) is 0 Å². The van der Waals surface area contributed by atoms with Gasteiger partial charge in [0.05, 0.1) is 12.1 Å². The summed E-state index contributed by atoms with van der Waals surface area (Å²) in [6.45, 7) is 0.884. The van der Waals surface area contributed by atoms with Gasteiger partial charge in [-0.1, -0.05) is 17.7 Å². The Morgan fingerprint density at radius 1 is 1.56 bits per heavy atom. The van der Waals surface area contributed by atoms with Gasteiger partial charge in [0.25, 0.3) is 0 Å². The highest BCUT2D eigenvalue weighted by molar-refractivity contribution is 7.99. The van der Waals surface area contributed by atoms with E-state index in [-0.39, 0.29) is 0 Å². The summed E-state index contributed by atoms with van der Waals surface area (Å²) in [5, 5.41) is 4.23. The van der Waals surface area contributed by atoms with Crippen molar-refractivity contribution >= 4 is 23.4 Å². The van der Waals surface area contributed by atoms with E-state index in [2.05, 4.69) is 11.4 Å². The SMILES string of the molecule is COc1ccc(CNC2CCSC2)cc1Cl. The summed E-state index contributed by atoms with van der Waals surface area (Å²) in [4.78, 5) is 0. The van der Waals surface area contributed by atoms with Gasteiger partial charge < -0.3 is 10.1 Å². The second-order valence-electron chi connectivity index (χ2n) is 3.91. The molecular weight excluding hydrogens is 242 g/mol. The first-order chi connectivity index (χ1) is 7.79. The second-order valence-corrected chi connectivity index (χ2v) is 5.47. The highest BCUT2D eigenvalue weighted by Gasteiger charge is 2.14. The van der Waals surface area contributed by atoms with Crippen LogP contribution in [-0.4, -0.2) is 24.7 Å². The predicted octanol–water partition coefficient (Wildman–Crippen LogP) is 2.94. The molecule has 0 aromatic heterocycles. The van der Waals surface area contributed by atoms with Gasteiger partial charge in [-0.3, -0.25) is 0 Å². The number of benzene rings is 1. The van der Waals surface area contributed by atoms with E-state index in [9.17, 15) is 0 Å². The molecule has 0 amide bonds. The Hall–Kier alpha value is -0.380. The Balaban J connectivity index is 1.91. The molecule has 4 heteroatoms. The Morgan fingerprint density at radius 2 is 2.44 bits per heavy atom. The van der Waals surface area contributed by atoms with E-state index in [4.69, 9.17) is 16.3 Å². The van der Waals surface area contributed by atoms with Gasteiger partial charge in [0, 0.05) is 18.3 Å². The Labute approximate surface area is 106 Å². The standard InChI is InChI=1S/C12H16ClNOS/c1-15-12-3-2-9(6-11(12)13)7-14-10-4-5-16-8-10/h2-3,6,10,14H,4-5,7-8H2,1H3. The van der Waals surface area contributed by atoms with Crippen LogP contribution in [-0.2, 0) is 6.54 Å². The smallest absolute Gasteiger partial charge is 0.137 e. The van der Waals surface area contributed by atoms with Crippen LogP contribution in [0.1, 0.15) is 12.0 Å². The van der Waals surface area contributed by atoms with Crippen molar-refractivity contribution in [3.05, 3.63) is 28.8 Å². The Kier molecular flexibility index (Phi) is 4.38. The summed E-state index contributed by atoms with van der Waals surface area (Å²) in [5.41, 5.74) is 1.21. The first kappa shape index (κ1) is 12.1. The lowest BCUT2D eigenvalue weighted by Gasteiger charge is -2.12. The fourth-order valence-corrected chi connectivity index (χ4v) is 3.24. The van der Waals surface area contributed by atoms with Crippen molar-refractivity contribution in [3.63, 3.8) is 0 Å². The minimum Gasteiger partial charge on any atom is -0.495 e. The van der Waals surface area contributed by atoms with Gasteiger partial charge in [0.2, 0.25) is 0 Å². The molecule has 0 radical (unpaired) electrons. The second kappa shape index (κ2) is 5.80. The number of halogens is 1. The van der Waals surface area contributed by atoms with Gasteiger partial charge in [-0.25, -0.2) is 0 Å². The minimum atomic E-state index is 0.658. The topological polar surface area (TPSA) is 21.3 Å². The highest BCUT2D eigenvalue weighted by atomic mass is 35.5. The lowest BCUT2D eigenvalue weighted by atomic mass is 10.2. The maximum Gasteiger partial charge on any atom is 0.137 e. The normalized spacial score (nSPS) is 20.0. The number of nitrogens with one attached hydrogen (secondary N) is 1. The van der Waals surface area contributed by atoms with Crippen molar-refractivity contribution in [2.75, 3.05) is 18.6 Å². The number of hydrogen-bond donors (Lipinski definition) is 1. The highest BCUT2D eigenvalue weighted by Crippen LogP contribution is 2.25. The van der Waals surface area contributed by atoms with Crippen LogP contribution in [0.15, 0.2) is 18.2 Å². The summed E-state index contributed by atoms with van der Waals surface area (Å²) in [5.74, 6) is 3.24. The summed E-state index contributed by atoms with van der Waals surface area (Å²) in [6, 6.07) is 6.60. The molecule has 1 saturated heterocycles. The summed E-state index contributed by atoms with van der Waals surface area (Å²) >= 11 is 8.09. The lowest BCUT2D eigenvalue weighted by molar-refractivity contribution is 0.414. The van der Waals surface area contributed by atoms with Crippen LogP contribution in [0.4, 0.5) is 0 Å². The van der Waals surface area contributed by atoms with Gasteiger partial charge in [-0.05, 0) is 29.9 Å². The molecule has 1 atom stereocenters. The predicted molar refractivity (Wildman–Crippen MR) is 70.6 cm³/mol. The number of ether oxygens (including phenoxy) is 1. The molecule has 1 aromatic rings. The van der Waals surface area contributed by atoms with Crippen molar-refractivity contribution in [2.24, 2.45) is 0 Å². The molecule has 1 heterocycles. The molecule has 1 N–H and O–H groups in total. The van der Waals surface area contributed by atoms with Crippen LogP contribution in [0.5, 0.6) is 5.75 Å². The fourth-order valence-electron chi connectivity index (χ4n) is 1.78. The zero-order valence-electron chi connectivity index (χ0n) is 9.33. The van der Waals surface area contributed by atoms with E-state index in [0.717, 1.165) is 12.3 Å². The van der Waals surface area contributed by atoms with Crippen LogP contribution in [0.2, 0.25) is 5.02 Å². The number of hydrogen-bond acceptors (Lipinski definition) is 3. The van der Waals surface area contributed by atoms with Crippen molar-refractivity contribution in [2.45, 2.75) is 19.0 Å². The third-order valence-electron chi connectivity index (χ3n) is 2.74. The van der Waals surface area contributed by atoms with E-state index >= 15 is 0 Å². The molecule has 1 aliphatic heterocycles. The Bertz CT molecular complexity index is 353. The van der Waals surface area contributed by atoms with Gasteiger partial charge in [0.1, 0.15) is 5.75 Å². The molecule has 1 unspecified atom stereocenters. The van der Waals surface area contributed by atoms with E-state index in [1.54, 1.807) is 7.11 Å². The average Bonchev–Trinajstić information content (AvgIpc) is 2.79. The summed E-state index contributed by atoms with van der Waals surface area (Å²) in [6.07, 6.45) is 1.27. The molecule has 1 fully saturated rings. The van der Waals surface area contributed by atoms with E-state index in [1.165, 1.54) is 23.5 Å². The Morgan fingerprint density at radius 3 is 3.06 bits per heavy atom. The summed E-state index contributed by atoms with van der Waals surface area (Å²) in [7, 11) is 1.63. The van der Waals surface area contributed by atoms with Crippen LogP contribution in [0.3, 0.4) is 0 Å². The maximum absolute atomic E-state index is 6.07. The van der Waals surface area contributed by atoms with Gasteiger partial charge >= 0.3 is 0 Å². The third-order valence-corrected chi connectivity index (χ3v) is 4.20. The number of rotatable bonds is 4. The van der Waals surface area contributed by atoms with Gasteiger partial charge in [-0.15, -0.1) is 0 Å². The number of methoxy groups -OCH3 is 1. The molecule has 0 aliphatic carbocycles. The quantitative estimate of drug-likeness (QED) is 0.896. The third kappa shape index (κ3) is 3.06. The molecule has 2 nitrogen and oxygen atoms in total. The van der Waals surface area contributed by atoms with Crippen molar-refractivity contribution in [1.82, 2.24) is 5.32 Å². The van der Waals surface area contributed by atoms with Gasteiger partial charge in [-0.2, -0.15) is 11.8 Å². The first-order valence-electron chi connectivity index (χ1n) is 5.43. The van der Waals surface area contributed by atoms with E-state index in [1.807, 2.05) is 23.9 Å². The molecule has 0 saturated carbocycles. The molecule has 0 bridgehead atoms. The molecular formula is C12H16ClNOS. The molecule has 16 heavy (non-hydrogen) atoms. The average molecular weight is 258 g/mol. The van der Waals surface area contributed by atoms with Crippen LogP contribution in [0.25, 0.3) is 0 Å². The molecule has 2 rings (SSSR count). The zero-order chi connectivity index (χ0) is 11.4. The van der Waals surface area contributed by atoms with Crippen molar-refractivity contribution in [3.8, 4) is 5.75 Å². The molecule has 1 aliphatic rings. The lowest BCUT2D eigenvalue weighted by Crippen LogP contribution is -2.27. The minimum absolute atomic E-state index is 0.658. The van der Waals surface area contributed by atoms with E-state index < -0.39 is 0 Å². The monoisotopic (exact) mass is 257 g/mol. The van der Waals surface area contributed by atoms with E-state index in [0.29, 0.717) is 11.1 Å². The van der Waals surface area contributed by atoms with Crippen LogP contribution in [0, 0.1) is 0 Å². The number of thioether (sulfide) groups is 1. The zero-order valence-corrected chi connectivity index (χ0v) is 10.9. The maximum atomic E-state index is 6.07. The largest absolute Gasteiger partial charge is 0.495 e. The van der Waals surface area contributed by atoms with Crippen LogP contribution < -0.4 is 10.1 Å². The molecule has 0 spiro atoms. The van der Waals surface area contributed by atoms with Crippen LogP contribution >= 0.6 is 23.4 Å². The summed E-state index contributed by atoms with van der Waals surface area (Å²) < 4.78 is 5.12. The first-order valence-corrected chi connectivity index (χ1v) is 6.96. The molecule has 88 valence electrons.